The second kappa shape index (κ2) is 5.84. The summed E-state index contributed by atoms with van der Waals surface area (Å²) >= 11 is 1.07. The molecular formula is C12H12F6N4S. The van der Waals surface area contributed by atoms with Gasteiger partial charge < -0.3 is 5.32 Å². The summed E-state index contributed by atoms with van der Waals surface area (Å²) in [4.78, 5) is 3.80. The number of nitrogens with zero attached hydrogens (tertiary/aromatic N) is 3. The number of halogens is 6. The van der Waals surface area contributed by atoms with E-state index < -0.39 is 41.2 Å². The first kappa shape index (κ1) is 17.8. The molecule has 1 aromatic rings. The minimum Gasteiger partial charge on any atom is -0.372 e. The summed E-state index contributed by atoms with van der Waals surface area (Å²) < 4.78 is 78.1. The Balaban J connectivity index is 2.75. The molecule has 1 unspecified atom stereocenters. The van der Waals surface area contributed by atoms with E-state index in [-0.39, 0.29) is 11.0 Å². The molecule has 1 aromatic heterocycles. The van der Waals surface area contributed by atoms with Crippen LogP contribution in [0.5, 0.6) is 0 Å². The van der Waals surface area contributed by atoms with Crippen molar-refractivity contribution in [2.45, 2.75) is 32.2 Å². The molecule has 2 rings (SSSR count). The molecule has 0 saturated heterocycles. The number of nitrogens with one attached hydrogen (secondary N) is 1. The van der Waals surface area contributed by atoms with Gasteiger partial charge in [-0.05, 0) is 12.2 Å². The number of anilines is 1. The number of alkyl halides is 6. The number of thioether (sulfide) groups is 1. The third kappa shape index (κ3) is 3.38. The third-order valence-electron chi connectivity index (χ3n) is 3.15. The summed E-state index contributed by atoms with van der Waals surface area (Å²) in [6.07, 6.45) is -8.31. The standard InChI is InChI=1S/C12H12F6N4S/c1-4(2)5-10(23-3)20-7-6(19-5)8(11(13,14)15)21-22-9(7)12(16,17)18/h4-5,19H,1-3H3. The van der Waals surface area contributed by atoms with Gasteiger partial charge in [0.15, 0.2) is 11.4 Å². The highest BCUT2D eigenvalue weighted by molar-refractivity contribution is 8.13. The first-order valence-corrected chi connectivity index (χ1v) is 7.63. The first-order chi connectivity index (χ1) is 10.5. The zero-order valence-corrected chi connectivity index (χ0v) is 13.0. The molecule has 11 heteroatoms. The van der Waals surface area contributed by atoms with Gasteiger partial charge in [-0.15, -0.1) is 22.0 Å². The van der Waals surface area contributed by atoms with Gasteiger partial charge >= 0.3 is 12.4 Å². The summed E-state index contributed by atoms with van der Waals surface area (Å²) in [7, 11) is 0. The molecule has 4 nitrogen and oxygen atoms in total. The van der Waals surface area contributed by atoms with Crippen molar-refractivity contribution < 1.29 is 26.3 Å². The molecule has 1 aliphatic rings. The Bertz CT molecular complexity index is 638. The fourth-order valence-corrected chi connectivity index (χ4v) is 2.85. The van der Waals surface area contributed by atoms with Crippen molar-refractivity contribution >= 4 is 28.2 Å². The maximum absolute atomic E-state index is 13.0. The fourth-order valence-electron chi connectivity index (χ4n) is 2.08. The molecule has 0 spiro atoms. The quantitative estimate of drug-likeness (QED) is 0.758. The van der Waals surface area contributed by atoms with Crippen LogP contribution in [0, 0.1) is 5.92 Å². The Kier molecular flexibility index (Phi) is 4.53. The predicted molar refractivity (Wildman–Crippen MR) is 74.9 cm³/mol. The number of aliphatic imine (C=N–C) groups is 1. The van der Waals surface area contributed by atoms with Gasteiger partial charge in [0.25, 0.3) is 0 Å². The minimum absolute atomic E-state index is 0.182. The Morgan fingerprint density at radius 3 is 1.96 bits per heavy atom. The van der Waals surface area contributed by atoms with Gasteiger partial charge in [0.1, 0.15) is 5.69 Å². The van der Waals surface area contributed by atoms with Gasteiger partial charge in [0.05, 0.1) is 16.8 Å². The van der Waals surface area contributed by atoms with Crippen molar-refractivity contribution in [3.8, 4) is 0 Å². The number of hydrogen-bond donors (Lipinski definition) is 1. The van der Waals surface area contributed by atoms with Gasteiger partial charge in [-0.25, -0.2) is 4.99 Å². The van der Waals surface area contributed by atoms with E-state index >= 15 is 0 Å². The average Bonchev–Trinajstić information content (AvgIpc) is 2.42. The van der Waals surface area contributed by atoms with Crippen LogP contribution in [0.15, 0.2) is 4.99 Å². The van der Waals surface area contributed by atoms with Crippen molar-refractivity contribution in [2.24, 2.45) is 10.9 Å². The second-order valence-corrected chi connectivity index (χ2v) is 5.96. The van der Waals surface area contributed by atoms with Crippen LogP contribution >= 0.6 is 11.8 Å². The molecule has 0 radical (unpaired) electrons. The molecule has 2 heterocycles. The van der Waals surface area contributed by atoms with E-state index in [2.05, 4.69) is 20.5 Å². The van der Waals surface area contributed by atoms with Crippen molar-refractivity contribution in [3.63, 3.8) is 0 Å². The molecule has 0 amide bonds. The van der Waals surface area contributed by atoms with E-state index in [1.54, 1.807) is 20.1 Å². The molecular weight excluding hydrogens is 346 g/mol. The number of hydrogen-bond acceptors (Lipinski definition) is 5. The van der Waals surface area contributed by atoms with Gasteiger partial charge in [-0.3, -0.25) is 0 Å². The molecule has 0 aliphatic carbocycles. The van der Waals surface area contributed by atoms with E-state index in [0.717, 1.165) is 11.8 Å². The van der Waals surface area contributed by atoms with Gasteiger partial charge in [-0.1, -0.05) is 13.8 Å². The highest BCUT2D eigenvalue weighted by Gasteiger charge is 2.45. The highest BCUT2D eigenvalue weighted by atomic mass is 32.2. The molecule has 128 valence electrons. The predicted octanol–water partition coefficient (Wildman–Crippen LogP) is 4.36. The van der Waals surface area contributed by atoms with Crippen LogP contribution in [-0.2, 0) is 12.4 Å². The molecule has 23 heavy (non-hydrogen) atoms. The Hall–Kier alpha value is -1.52. The largest absolute Gasteiger partial charge is 0.437 e. The van der Waals surface area contributed by atoms with E-state index in [1.807, 2.05) is 0 Å². The number of fused-ring (bicyclic) bond motifs is 1. The highest BCUT2D eigenvalue weighted by Crippen LogP contribution is 2.47. The molecule has 0 bridgehead atoms. The van der Waals surface area contributed by atoms with Crippen molar-refractivity contribution in [1.29, 1.82) is 0 Å². The number of rotatable bonds is 1. The summed E-state index contributed by atoms with van der Waals surface area (Å²) in [6.45, 7) is 3.45. The maximum atomic E-state index is 13.0. The normalized spacial score (nSPS) is 18.5. The second-order valence-electron chi connectivity index (χ2n) is 5.14. The van der Waals surface area contributed by atoms with E-state index in [0.29, 0.717) is 0 Å². The minimum atomic E-state index is -4.96. The smallest absolute Gasteiger partial charge is 0.372 e. The first-order valence-electron chi connectivity index (χ1n) is 6.41. The van der Waals surface area contributed by atoms with Crippen LogP contribution in [0.25, 0.3) is 0 Å². The molecule has 0 fully saturated rings. The summed E-state index contributed by atoms with van der Waals surface area (Å²) in [6, 6.07) is -0.635. The van der Waals surface area contributed by atoms with Crippen LogP contribution in [0.2, 0.25) is 0 Å². The molecule has 1 N–H and O–H groups in total. The topological polar surface area (TPSA) is 50.2 Å². The lowest BCUT2D eigenvalue weighted by molar-refractivity contribution is -0.146. The van der Waals surface area contributed by atoms with E-state index in [9.17, 15) is 26.3 Å². The van der Waals surface area contributed by atoms with Crippen molar-refractivity contribution in [3.05, 3.63) is 11.4 Å². The Labute approximate surface area is 131 Å². The zero-order chi connectivity index (χ0) is 17.6. The van der Waals surface area contributed by atoms with Gasteiger partial charge in [0.2, 0.25) is 0 Å². The molecule has 0 saturated carbocycles. The van der Waals surface area contributed by atoms with Crippen molar-refractivity contribution in [1.82, 2.24) is 10.2 Å². The lowest BCUT2D eigenvalue weighted by atomic mass is 10.0. The zero-order valence-electron chi connectivity index (χ0n) is 12.2. The van der Waals surface area contributed by atoms with E-state index in [1.165, 1.54) is 0 Å². The van der Waals surface area contributed by atoms with Gasteiger partial charge in [-0.2, -0.15) is 26.3 Å². The summed E-state index contributed by atoms with van der Waals surface area (Å²) in [5.74, 6) is -0.182. The lowest BCUT2D eigenvalue weighted by Crippen LogP contribution is -2.36. The monoisotopic (exact) mass is 358 g/mol. The average molecular weight is 358 g/mol. The molecule has 1 aliphatic heterocycles. The molecule has 0 aromatic carbocycles. The summed E-state index contributed by atoms with van der Waals surface area (Å²) in [5, 5.41) is 8.23. The number of aromatic nitrogens is 2. The van der Waals surface area contributed by atoms with Crippen molar-refractivity contribution in [2.75, 3.05) is 11.6 Å². The Morgan fingerprint density at radius 1 is 1.00 bits per heavy atom. The summed E-state index contributed by atoms with van der Waals surface area (Å²) in [5.41, 5.74) is -4.70. The Morgan fingerprint density at radius 2 is 1.52 bits per heavy atom. The van der Waals surface area contributed by atoms with Gasteiger partial charge in [0, 0.05) is 0 Å². The van der Waals surface area contributed by atoms with Crippen LogP contribution in [0.1, 0.15) is 25.2 Å². The fraction of sp³-hybridized carbons (Fsp3) is 0.583. The molecule has 1 atom stereocenters. The van der Waals surface area contributed by atoms with Crippen LogP contribution < -0.4 is 5.32 Å². The lowest BCUT2D eigenvalue weighted by Gasteiger charge is -2.30. The van der Waals surface area contributed by atoms with Crippen LogP contribution in [-0.4, -0.2) is 27.5 Å². The third-order valence-corrected chi connectivity index (χ3v) is 3.91. The van der Waals surface area contributed by atoms with Crippen LogP contribution in [0.3, 0.4) is 0 Å². The van der Waals surface area contributed by atoms with E-state index in [4.69, 9.17) is 0 Å². The SMILES string of the molecule is CSC1=Nc2c(C(F)(F)F)nnc(C(F)(F)F)c2NC1C(C)C. The maximum Gasteiger partial charge on any atom is 0.437 e. The van der Waals surface area contributed by atoms with Crippen LogP contribution in [0.4, 0.5) is 37.7 Å².